The number of nitrogens with zero attached hydrogens (tertiary/aromatic N) is 1. The van der Waals surface area contributed by atoms with Gasteiger partial charge in [0.2, 0.25) is 10.0 Å². The number of carboxylic acid groups (broad SMARTS) is 1. The molecule has 0 unspecified atom stereocenters. The largest absolute Gasteiger partial charge is 0.481 e. The SMILES string of the molecule is O=C(O)C1CCN(S(=O)(=O)c2cc(F)cc(F)c2)CC1. The monoisotopic (exact) mass is 305 g/mol. The highest BCUT2D eigenvalue weighted by Gasteiger charge is 2.32. The van der Waals surface area contributed by atoms with Gasteiger partial charge in [-0.05, 0) is 25.0 Å². The van der Waals surface area contributed by atoms with Crippen molar-refractivity contribution in [2.75, 3.05) is 13.1 Å². The maximum absolute atomic E-state index is 13.1. The van der Waals surface area contributed by atoms with Gasteiger partial charge in [0.05, 0.1) is 10.8 Å². The molecule has 1 saturated heterocycles. The van der Waals surface area contributed by atoms with Crippen LogP contribution in [0.25, 0.3) is 0 Å². The van der Waals surface area contributed by atoms with Crippen molar-refractivity contribution < 1.29 is 27.1 Å². The molecule has 20 heavy (non-hydrogen) atoms. The molecule has 1 aliphatic rings. The minimum absolute atomic E-state index is 0.0252. The van der Waals surface area contributed by atoms with Gasteiger partial charge in [0.15, 0.2) is 0 Å². The fourth-order valence-electron chi connectivity index (χ4n) is 2.17. The van der Waals surface area contributed by atoms with Crippen LogP contribution in [0, 0.1) is 17.6 Å². The number of carboxylic acids is 1. The van der Waals surface area contributed by atoms with Crippen LogP contribution in [0.1, 0.15) is 12.8 Å². The molecule has 1 aromatic carbocycles. The maximum atomic E-state index is 13.1. The summed E-state index contributed by atoms with van der Waals surface area (Å²) in [7, 11) is -4.00. The van der Waals surface area contributed by atoms with Gasteiger partial charge in [-0.15, -0.1) is 0 Å². The molecular weight excluding hydrogens is 292 g/mol. The third-order valence-corrected chi connectivity index (χ3v) is 5.15. The van der Waals surface area contributed by atoms with Crippen LogP contribution in [0.5, 0.6) is 0 Å². The molecule has 2 rings (SSSR count). The molecule has 0 radical (unpaired) electrons. The number of halogens is 2. The Morgan fingerprint density at radius 1 is 1.15 bits per heavy atom. The van der Waals surface area contributed by atoms with Crippen molar-refractivity contribution >= 4 is 16.0 Å². The lowest BCUT2D eigenvalue weighted by atomic mass is 9.99. The summed E-state index contributed by atoms with van der Waals surface area (Å²) >= 11 is 0. The number of hydrogen-bond donors (Lipinski definition) is 1. The van der Waals surface area contributed by atoms with E-state index in [-0.39, 0.29) is 25.9 Å². The number of rotatable bonds is 3. The standard InChI is InChI=1S/C12H13F2NO4S/c13-9-5-10(14)7-11(6-9)20(18,19)15-3-1-8(2-4-15)12(16)17/h5-8H,1-4H2,(H,16,17). The fraction of sp³-hybridized carbons (Fsp3) is 0.417. The molecule has 110 valence electrons. The average molecular weight is 305 g/mol. The predicted octanol–water partition coefficient (Wildman–Crippen LogP) is 1.45. The van der Waals surface area contributed by atoms with E-state index in [2.05, 4.69) is 0 Å². The molecule has 0 saturated carbocycles. The van der Waals surface area contributed by atoms with Gasteiger partial charge in [0, 0.05) is 19.2 Å². The highest BCUT2D eigenvalue weighted by Crippen LogP contribution is 2.24. The zero-order chi connectivity index (χ0) is 14.9. The van der Waals surface area contributed by atoms with Crippen LogP contribution in [0.3, 0.4) is 0 Å². The Hall–Kier alpha value is -1.54. The summed E-state index contributed by atoms with van der Waals surface area (Å²) < 4.78 is 51.7. The van der Waals surface area contributed by atoms with Crippen molar-refractivity contribution in [2.45, 2.75) is 17.7 Å². The smallest absolute Gasteiger partial charge is 0.306 e. The van der Waals surface area contributed by atoms with Crippen molar-refractivity contribution in [3.8, 4) is 0 Å². The van der Waals surface area contributed by atoms with E-state index in [1.165, 1.54) is 0 Å². The molecule has 1 aromatic rings. The molecule has 8 heteroatoms. The first-order valence-corrected chi connectivity index (χ1v) is 7.44. The first kappa shape index (κ1) is 14.9. The van der Waals surface area contributed by atoms with E-state index in [9.17, 15) is 22.0 Å². The first-order valence-electron chi connectivity index (χ1n) is 6.00. The van der Waals surface area contributed by atoms with Gasteiger partial charge in [0.25, 0.3) is 0 Å². The second-order valence-corrected chi connectivity index (χ2v) is 6.56. The van der Waals surface area contributed by atoms with Crippen LogP contribution >= 0.6 is 0 Å². The van der Waals surface area contributed by atoms with Gasteiger partial charge >= 0.3 is 5.97 Å². The van der Waals surface area contributed by atoms with E-state index in [0.717, 1.165) is 16.4 Å². The molecule has 0 bridgehead atoms. The molecular formula is C12H13F2NO4S. The van der Waals surface area contributed by atoms with E-state index in [1.54, 1.807) is 0 Å². The summed E-state index contributed by atoms with van der Waals surface area (Å²) in [6, 6.07) is 2.10. The topological polar surface area (TPSA) is 74.7 Å². The van der Waals surface area contributed by atoms with Crippen molar-refractivity contribution in [2.24, 2.45) is 5.92 Å². The quantitative estimate of drug-likeness (QED) is 0.917. The third kappa shape index (κ3) is 2.96. The maximum Gasteiger partial charge on any atom is 0.306 e. The number of hydrogen-bond acceptors (Lipinski definition) is 3. The van der Waals surface area contributed by atoms with Crippen molar-refractivity contribution in [3.63, 3.8) is 0 Å². The lowest BCUT2D eigenvalue weighted by Crippen LogP contribution is -2.40. The molecule has 0 atom stereocenters. The van der Waals surface area contributed by atoms with Gasteiger partial charge in [-0.3, -0.25) is 4.79 Å². The Morgan fingerprint density at radius 3 is 2.10 bits per heavy atom. The van der Waals surface area contributed by atoms with E-state index in [4.69, 9.17) is 5.11 Å². The third-order valence-electron chi connectivity index (χ3n) is 3.28. The van der Waals surface area contributed by atoms with Crippen LogP contribution < -0.4 is 0 Å². The summed E-state index contributed by atoms with van der Waals surface area (Å²) in [5.41, 5.74) is 0. The Labute approximate surface area is 114 Å². The number of benzene rings is 1. The highest BCUT2D eigenvalue weighted by molar-refractivity contribution is 7.89. The molecule has 0 aliphatic carbocycles. The molecule has 1 N–H and O–H groups in total. The average Bonchev–Trinajstić information content (AvgIpc) is 2.37. The molecule has 1 aliphatic heterocycles. The zero-order valence-electron chi connectivity index (χ0n) is 10.4. The van der Waals surface area contributed by atoms with Crippen LogP contribution in [0.4, 0.5) is 8.78 Å². The van der Waals surface area contributed by atoms with E-state index < -0.39 is 38.4 Å². The summed E-state index contributed by atoms with van der Waals surface area (Å²) in [6.45, 7) is 0.0505. The highest BCUT2D eigenvalue weighted by atomic mass is 32.2. The van der Waals surface area contributed by atoms with Crippen molar-refractivity contribution in [1.29, 1.82) is 0 Å². The number of aliphatic carboxylic acids is 1. The molecule has 0 amide bonds. The summed E-state index contributed by atoms with van der Waals surface area (Å²) in [6.07, 6.45) is 0.374. The van der Waals surface area contributed by atoms with Crippen LogP contribution in [0.2, 0.25) is 0 Å². The summed E-state index contributed by atoms with van der Waals surface area (Å²) in [5, 5.41) is 8.85. The Balaban J connectivity index is 2.21. The molecule has 5 nitrogen and oxygen atoms in total. The van der Waals surface area contributed by atoms with Gasteiger partial charge in [0.1, 0.15) is 11.6 Å². The minimum Gasteiger partial charge on any atom is -0.481 e. The lowest BCUT2D eigenvalue weighted by molar-refractivity contribution is -0.142. The van der Waals surface area contributed by atoms with Crippen molar-refractivity contribution in [3.05, 3.63) is 29.8 Å². The first-order chi connectivity index (χ1) is 9.30. The Kier molecular flexibility index (Phi) is 4.05. The van der Waals surface area contributed by atoms with Crippen LogP contribution in [-0.2, 0) is 14.8 Å². The van der Waals surface area contributed by atoms with Gasteiger partial charge in [-0.2, -0.15) is 4.31 Å². The minimum atomic E-state index is -4.00. The normalized spacial score (nSPS) is 18.1. The number of piperidine rings is 1. The van der Waals surface area contributed by atoms with Crippen LogP contribution in [-0.4, -0.2) is 36.9 Å². The lowest BCUT2D eigenvalue weighted by Gasteiger charge is -2.29. The fourth-order valence-corrected chi connectivity index (χ4v) is 3.68. The molecule has 0 aromatic heterocycles. The van der Waals surface area contributed by atoms with E-state index >= 15 is 0 Å². The number of carbonyl (C=O) groups is 1. The second kappa shape index (κ2) is 5.45. The van der Waals surface area contributed by atoms with Gasteiger partial charge in [-0.25, -0.2) is 17.2 Å². The molecule has 0 spiro atoms. The van der Waals surface area contributed by atoms with Crippen LogP contribution in [0.15, 0.2) is 23.1 Å². The molecule has 1 fully saturated rings. The number of sulfonamides is 1. The van der Waals surface area contributed by atoms with E-state index in [0.29, 0.717) is 6.07 Å². The van der Waals surface area contributed by atoms with Gasteiger partial charge in [-0.1, -0.05) is 0 Å². The summed E-state index contributed by atoms with van der Waals surface area (Å²) in [4.78, 5) is 10.3. The molecule has 1 heterocycles. The van der Waals surface area contributed by atoms with Crippen molar-refractivity contribution in [1.82, 2.24) is 4.31 Å². The van der Waals surface area contributed by atoms with Gasteiger partial charge < -0.3 is 5.11 Å². The second-order valence-electron chi connectivity index (χ2n) is 4.62. The summed E-state index contributed by atoms with van der Waals surface area (Å²) in [5.74, 6) is -3.47. The predicted molar refractivity (Wildman–Crippen MR) is 65.5 cm³/mol. The van der Waals surface area contributed by atoms with E-state index in [1.807, 2.05) is 0 Å². The zero-order valence-corrected chi connectivity index (χ0v) is 11.2. The Bertz CT molecular complexity index is 604. The Morgan fingerprint density at radius 2 is 1.65 bits per heavy atom.